The van der Waals surface area contributed by atoms with Crippen LogP contribution in [0.5, 0.6) is 11.5 Å². The molecule has 7 nitrogen and oxygen atoms in total. The molecule has 1 aliphatic carbocycles. The van der Waals surface area contributed by atoms with Gasteiger partial charge in [-0.3, -0.25) is 4.79 Å². The summed E-state index contributed by atoms with van der Waals surface area (Å²) >= 11 is 0. The van der Waals surface area contributed by atoms with Crippen molar-refractivity contribution in [3.05, 3.63) is 65.3 Å². The predicted molar refractivity (Wildman–Crippen MR) is 124 cm³/mol. The Morgan fingerprint density at radius 2 is 1.79 bits per heavy atom. The number of hydrogen-bond donors (Lipinski definition) is 0. The number of hydrogen-bond acceptors (Lipinski definition) is 6. The Labute approximate surface area is 193 Å². The van der Waals surface area contributed by atoms with Crippen LogP contribution in [0.2, 0.25) is 0 Å². The highest BCUT2D eigenvalue weighted by molar-refractivity contribution is 5.95. The first kappa shape index (κ1) is 21.5. The van der Waals surface area contributed by atoms with Crippen LogP contribution in [0, 0.1) is 12.8 Å². The Balaban J connectivity index is 1.59. The van der Waals surface area contributed by atoms with Crippen LogP contribution in [0.15, 0.2) is 47.0 Å². The quantitative estimate of drug-likeness (QED) is 0.507. The van der Waals surface area contributed by atoms with Crippen LogP contribution in [0.4, 0.5) is 5.69 Å². The molecule has 1 aromatic heterocycles. The number of benzene rings is 2. The SMILES string of the molecule is COc1ccc(C2C(c3nc(CC4CC4)no3)CCC(=O)N2c2ccc(C)cc2)cc1OC. The molecule has 33 heavy (non-hydrogen) atoms. The topological polar surface area (TPSA) is 77.7 Å². The smallest absolute Gasteiger partial charge is 0.232 e. The van der Waals surface area contributed by atoms with Crippen molar-refractivity contribution in [3.63, 3.8) is 0 Å². The van der Waals surface area contributed by atoms with Gasteiger partial charge in [0.05, 0.1) is 26.2 Å². The van der Waals surface area contributed by atoms with Crippen molar-refractivity contribution in [2.75, 3.05) is 19.1 Å². The van der Waals surface area contributed by atoms with E-state index in [4.69, 9.17) is 19.0 Å². The number of aryl methyl sites for hydroxylation is 1. The van der Waals surface area contributed by atoms with E-state index < -0.39 is 0 Å². The van der Waals surface area contributed by atoms with Crippen molar-refractivity contribution in [2.45, 2.75) is 51.0 Å². The number of aromatic nitrogens is 2. The minimum atomic E-state index is -0.303. The van der Waals surface area contributed by atoms with Gasteiger partial charge in [0.1, 0.15) is 0 Å². The van der Waals surface area contributed by atoms with E-state index in [1.165, 1.54) is 12.8 Å². The Kier molecular flexibility index (Phi) is 5.79. The molecule has 172 valence electrons. The first-order valence-corrected chi connectivity index (χ1v) is 11.5. The van der Waals surface area contributed by atoms with Gasteiger partial charge in [0.15, 0.2) is 17.3 Å². The molecule has 1 saturated heterocycles. The van der Waals surface area contributed by atoms with Gasteiger partial charge in [-0.05, 0) is 61.9 Å². The average molecular weight is 448 g/mol. The van der Waals surface area contributed by atoms with E-state index in [0.29, 0.717) is 36.1 Å². The highest BCUT2D eigenvalue weighted by atomic mass is 16.5. The van der Waals surface area contributed by atoms with E-state index in [1.54, 1.807) is 14.2 Å². The van der Waals surface area contributed by atoms with Gasteiger partial charge in [0.2, 0.25) is 11.8 Å². The molecular weight excluding hydrogens is 418 g/mol. The first-order valence-electron chi connectivity index (χ1n) is 11.5. The third-order valence-corrected chi connectivity index (χ3v) is 6.63. The van der Waals surface area contributed by atoms with Gasteiger partial charge in [-0.15, -0.1) is 0 Å². The van der Waals surface area contributed by atoms with E-state index in [1.807, 2.05) is 54.3 Å². The lowest BCUT2D eigenvalue weighted by molar-refractivity contribution is -0.120. The Bertz CT molecular complexity index is 1140. The van der Waals surface area contributed by atoms with Crippen molar-refractivity contribution in [1.29, 1.82) is 0 Å². The van der Waals surface area contributed by atoms with Gasteiger partial charge in [-0.1, -0.05) is 28.9 Å². The normalized spacial score (nSPS) is 20.7. The van der Waals surface area contributed by atoms with E-state index in [0.717, 1.165) is 29.1 Å². The Morgan fingerprint density at radius 1 is 1.03 bits per heavy atom. The van der Waals surface area contributed by atoms with Crippen LogP contribution < -0.4 is 14.4 Å². The van der Waals surface area contributed by atoms with Crippen LogP contribution >= 0.6 is 0 Å². The summed E-state index contributed by atoms with van der Waals surface area (Å²) in [5.41, 5.74) is 2.94. The third kappa shape index (κ3) is 4.32. The number of anilines is 1. The van der Waals surface area contributed by atoms with Crippen molar-refractivity contribution in [3.8, 4) is 11.5 Å². The summed E-state index contributed by atoms with van der Waals surface area (Å²) in [7, 11) is 3.23. The lowest BCUT2D eigenvalue weighted by atomic mass is 9.83. The fourth-order valence-corrected chi connectivity index (χ4v) is 4.66. The minimum absolute atomic E-state index is 0.0765. The van der Waals surface area contributed by atoms with Crippen molar-refractivity contribution in [1.82, 2.24) is 10.1 Å². The molecule has 2 aliphatic rings. The van der Waals surface area contributed by atoms with Crippen LogP contribution in [0.1, 0.15) is 60.5 Å². The van der Waals surface area contributed by atoms with Gasteiger partial charge in [-0.2, -0.15) is 4.98 Å². The van der Waals surface area contributed by atoms with Crippen molar-refractivity contribution < 1.29 is 18.8 Å². The number of ether oxygens (including phenoxy) is 2. The van der Waals surface area contributed by atoms with Crippen LogP contribution in [-0.2, 0) is 11.2 Å². The van der Waals surface area contributed by atoms with E-state index in [-0.39, 0.29) is 17.9 Å². The average Bonchev–Trinajstić information content (AvgIpc) is 3.53. The molecule has 0 bridgehead atoms. The summed E-state index contributed by atoms with van der Waals surface area (Å²) in [6, 6.07) is 13.5. The highest BCUT2D eigenvalue weighted by Crippen LogP contribution is 2.46. The molecule has 1 saturated carbocycles. The first-order chi connectivity index (χ1) is 16.1. The van der Waals surface area contributed by atoms with Gasteiger partial charge in [-0.25, -0.2) is 0 Å². The zero-order valence-corrected chi connectivity index (χ0v) is 19.3. The molecule has 2 atom stereocenters. The number of carbonyl (C=O) groups is 1. The Hall–Kier alpha value is -3.35. The molecule has 7 heteroatoms. The molecule has 0 radical (unpaired) electrons. The molecule has 2 fully saturated rings. The van der Waals surface area contributed by atoms with E-state index >= 15 is 0 Å². The molecule has 5 rings (SSSR count). The molecule has 0 N–H and O–H groups in total. The van der Waals surface area contributed by atoms with Crippen molar-refractivity contribution in [2.24, 2.45) is 5.92 Å². The second kappa shape index (κ2) is 8.89. The summed E-state index contributed by atoms with van der Waals surface area (Å²) in [6.45, 7) is 2.04. The fourth-order valence-electron chi connectivity index (χ4n) is 4.66. The number of rotatable bonds is 7. The molecule has 1 aliphatic heterocycles. The molecule has 1 amide bonds. The number of carbonyl (C=O) groups excluding carboxylic acids is 1. The van der Waals surface area contributed by atoms with Gasteiger partial charge >= 0.3 is 0 Å². The third-order valence-electron chi connectivity index (χ3n) is 6.63. The minimum Gasteiger partial charge on any atom is -0.493 e. The zero-order chi connectivity index (χ0) is 22.9. The number of piperidine rings is 1. The Morgan fingerprint density at radius 3 is 2.48 bits per heavy atom. The number of nitrogens with zero attached hydrogens (tertiary/aromatic N) is 3. The monoisotopic (exact) mass is 447 g/mol. The maximum Gasteiger partial charge on any atom is 0.232 e. The number of methoxy groups -OCH3 is 2. The molecule has 2 unspecified atom stereocenters. The maximum absolute atomic E-state index is 13.3. The van der Waals surface area contributed by atoms with Crippen LogP contribution in [0.25, 0.3) is 0 Å². The second-order valence-electron chi connectivity index (χ2n) is 9.00. The standard InChI is InChI=1S/C26H29N3O4/c1-16-4-9-19(10-5-16)29-24(30)13-11-20(26-27-23(28-33-26)14-17-6-7-17)25(29)18-8-12-21(31-2)22(15-18)32-3/h4-5,8-10,12,15,17,20,25H,6-7,11,13-14H2,1-3H3. The van der Waals surface area contributed by atoms with E-state index in [9.17, 15) is 4.79 Å². The molecule has 2 aromatic carbocycles. The van der Waals surface area contributed by atoms with Crippen molar-refractivity contribution >= 4 is 11.6 Å². The maximum atomic E-state index is 13.3. The molecule has 2 heterocycles. The van der Waals surface area contributed by atoms with Gasteiger partial charge in [0, 0.05) is 18.5 Å². The summed E-state index contributed by atoms with van der Waals surface area (Å²) in [6.07, 6.45) is 4.39. The summed E-state index contributed by atoms with van der Waals surface area (Å²) in [4.78, 5) is 19.9. The van der Waals surface area contributed by atoms with Gasteiger partial charge in [0.25, 0.3) is 0 Å². The van der Waals surface area contributed by atoms with E-state index in [2.05, 4.69) is 5.16 Å². The summed E-state index contributed by atoms with van der Waals surface area (Å²) < 4.78 is 16.8. The lowest BCUT2D eigenvalue weighted by Crippen LogP contribution is -2.42. The predicted octanol–water partition coefficient (Wildman–Crippen LogP) is 5.00. The molecular formula is C26H29N3O4. The molecule has 0 spiro atoms. The van der Waals surface area contributed by atoms with Crippen LogP contribution in [-0.4, -0.2) is 30.3 Å². The number of amides is 1. The largest absolute Gasteiger partial charge is 0.493 e. The lowest BCUT2D eigenvalue weighted by Gasteiger charge is -2.40. The van der Waals surface area contributed by atoms with Gasteiger partial charge < -0.3 is 18.9 Å². The van der Waals surface area contributed by atoms with Crippen LogP contribution in [0.3, 0.4) is 0 Å². The summed E-state index contributed by atoms with van der Waals surface area (Å²) in [5.74, 6) is 3.25. The second-order valence-corrected chi connectivity index (χ2v) is 9.00. The summed E-state index contributed by atoms with van der Waals surface area (Å²) in [5, 5.41) is 4.25. The fraction of sp³-hybridized carbons (Fsp3) is 0.423. The highest BCUT2D eigenvalue weighted by Gasteiger charge is 2.42. The zero-order valence-electron chi connectivity index (χ0n) is 19.3. The molecule has 3 aromatic rings.